The highest BCUT2D eigenvalue weighted by Crippen LogP contribution is 2.27. The minimum atomic E-state index is -0.308. The molecule has 0 aliphatic carbocycles. The van der Waals surface area contributed by atoms with Gasteiger partial charge in [-0.25, -0.2) is 0 Å². The van der Waals surface area contributed by atoms with Crippen molar-refractivity contribution in [1.29, 1.82) is 0 Å². The first-order valence-electron chi connectivity index (χ1n) is 11.0. The zero-order valence-electron chi connectivity index (χ0n) is 19.5. The van der Waals surface area contributed by atoms with E-state index in [4.69, 9.17) is 14.2 Å². The summed E-state index contributed by atoms with van der Waals surface area (Å²) in [5.74, 6) is 1.62. The zero-order valence-corrected chi connectivity index (χ0v) is 19.5. The van der Waals surface area contributed by atoms with Gasteiger partial charge in [-0.05, 0) is 41.8 Å². The van der Waals surface area contributed by atoms with Gasteiger partial charge in [-0.15, -0.1) is 0 Å². The molecule has 0 fully saturated rings. The average Bonchev–Trinajstić information content (AvgIpc) is 3.31. The molecule has 3 aromatic rings. The van der Waals surface area contributed by atoms with Crippen molar-refractivity contribution < 1.29 is 23.8 Å². The van der Waals surface area contributed by atoms with Gasteiger partial charge in [0.1, 0.15) is 11.4 Å². The van der Waals surface area contributed by atoms with Crippen LogP contribution in [0.3, 0.4) is 0 Å². The normalized spacial score (nSPS) is 12.8. The Morgan fingerprint density at radius 2 is 1.68 bits per heavy atom. The molecular weight excluding hydrogens is 436 g/mol. The highest BCUT2D eigenvalue weighted by atomic mass is 16.5. The number of rotatable bonds is 9. The highest BCUT2D eigenvalue weighted by molar-refractivity contribution is 5.98. The molecule has 0 radical (unpaired) electrons. The van der Waals surface area contributed by atoms with Crippen molar-refractivity contribution in [2.75, 3.05) is 34.4 Å². The summed E-state index contributed by atoms with van der Waals surface area (Å²) in [5, 5.41) is 7.22. The molecule has 0 spiro atoms. The molecule has 178 valence electrons. The minimum Gasteiger partial charge on any atom is -0.497 e. The highest BCUT2D eigenvalue weighted by Gasteiger charge is 2.28. The molecule has 1 aromatic heterocycles. The number of hydrogen-bond acceptors (Lipinski definition) is 6. The Bertz CT molecular complexity index is 1170. The number of fused-ring (bicyclic) bond motifs is 1. The van der Waals surface area contributed by atoms with Crippen LogP contribution in [0.2, 0.25) is 0 Å². The van der Waals surface area contributed by atoms with Crippen LogP contribution in [0.5, 0.6) is 17.2 Å². The Kier molecular flexibility index (Phi) is 7.01. The van der Waals surface area contributed by atoms with E-state index >= 15 is 0 Å². The van der Waals surface area contributed by atoms with Crippen molar-refractivity contribution >= 4 is 11.8 Å². The lowest BCUT2D eigenvalue weighted by molar-refractivity contribution is 0.0683. The molecule has 34 heavy (non-hydrogen) atoms. The second kappa shape index (κ2) is 10.3. The van der Waals surface area contributed by atoms with Crippen LogP contribution in [0.4, 0.5) is 0 Å². The van der Waals surface area contributed by atoms with Crippen LogP contribution < -0.4 is 19.5 Å². The van der Waals surface area contributed by atoms with Gasteiger partial charge in [0.25, 0.3) is 11.8 Å². The van der Waals surface area contributed by atoms with E-state index in [9.17, 15) is 9.59 Å². The fourth-order valence-electron chi connectivity index (χ4n) is 3.90. The van der Waals surface area contributed by atoms with Crippen molar-refractivity contribution in [2.45, 2.75) is 19.5 Å². The number of methoxy groups -OCH3 is 3. The molecule has 0 saturated heterocycles. The van der Waals surface area contributed by atoms with E-state index < -0.39 is 0 Å². The number of hydrogen-bond donors (Lipinski definition) is 1. The predicted octanol–water partition coefficient (Wildman–Crippen LogP) is 2.54. The summed E-state index contributed by atoms with van der Waals surface area (Å²) in [5.41, 5.74) is 2.67. The first-order valence-corrected chi connectivity index (χ1v) is 11.0. The van der Waals surface area contributed by atoms with Crippen LogP contribution in [0, 0.1) is 0 Å². The quantitative estimate of drug-likeness (QED) is 0.523. The summed E-state index contributed by atoms with van der Waals surface area (Å²) < 4.78 is 17.4. The molecule has 1 aliphatic heterocycles. The third kappa shape index (κ3) is 4.98. The van der Waals surface area contributed by atoms with Gasteiger partial charge in [-0.2, -0.15) is 5.10 Å². The number of amides is 2. The summed E-state index contributed by atoms with van der Waals surface area (Å²) in [6.45, 7) is 1.98. The largest absolute Gasteiger partial charge is 0.497 e. The number of benzene rings is 2. The Balaban J connectivity index is 1.35. The fraction of sp³-hybridized carbons (Fsp3) is 0.320. The summed E-state index contributed by atoms with van der Waals surface area (Å²) in [6, 6.07) is 14.8. The van der Waals surface area contributed by atoms with E-state index in [1.165, 1.54) is 0 Å². The lowest BCUT2D eigenvalue weighted by Gasteiger charge is -2.27. The number of nitrogens with zero attached hydrogens (tertiary/aromatic N) is 3. The maximum atomic E-state index is 13.0. The molecule has 1 N–H and O–H groups in total. The topological polar surface area (TPSA) is 94.9 Å². The van der Waals surface area contributed by atoms with Crippen molar-refractivity contribution in [3.63, 3.8) is 0 Å². The van der Waals surface area contributed by atoms with Crippen molar-refractivity contribution in [2.24, 2.45) is 0 Å². The number of ether oxygens (including phenoxy) is 3. The van der Waals surface area contributed by atoms with Gasteiger partial charge in [0.15, 0.2) is 17.2 Å². The molecule has 9 heteroatoms. The Labute approximate surface area is 198 Å². The van der Waals surface area contributed by atoms with Gasteiger partial charge in [0.2, 0.25) is 0 Å². The van der Waals surface area contributed by atoms with Crippen LogP contribution in [-0.4, -0.2) is 60.9 Å². The smallest absolute Gasteiger partial charge is 0.272 e. The molecular formula is C25H28N4O5. The van der Waals surface area contributed by atoms with Crippen LogP contribution in [-0.2, 0) is 19.5 Å². The van der Waals surface area contributed by atoms with Crippen molar-refractivity contribution in [1.82, 2.24) is 20.0 Å². The molecule has 1 aliphatic rings. The van der Waals surface area contributed by atoms with Gasteiger partial charge in [0, 0.05) is 25.7 Å². The summed E-state index contributed by atoms with van der Waals surface area (Å²) >= 11 is 0. The second-order valence-electron chi connectivity index (χ2n) is 7.91. The van der Waals surface area contributed by atoms with E-state index in [-0.39, 0.29) is 17.5 Å². The third-order valence-corrected chi connectivity index (χ3v) is 5.78. The Hall–Kier alpha value is -4.01. The van der Waals surface area contributed by atoms with Gasteiger partial charge < -0.3 is 24.4 Å². The maximum Gasteiger partial charge on any atom is 0.272 e. The maximum absolute atomic E-state index is 13.0. The lowest BCUT2D eigenvalue weighted by atomic mass is 10.1. The van der Waals surface area contributed by atoms with Gasteiger partial charge in [-0.1, -0.05) is 18.2 Å². The first kappa shape index (κ1) is 23.2. The van der Waals surface area contributed by atoms with Gasteiger partial charge in [0.05, 0.1) is 27.9 Å². The summed E-state index contributed by atoms with van der Waals surface area (Å²) in [6.07, 6.45) is 0.619. The third-order valence-electron chi connectivity index (χ3n) is 5.78. The number of aromatic nitrogens is 2. The predicted molar refractivity (Wildman–Crippen MR) is 126 cm³/mol. The summed E-state index contributed by atoms with van der Waals surface area (Å²) in [4.78, 5) is 27.4. The standard InChI is InChI=1S/C25H28N4O5/c1-32-19-7-4-18(5-8-19)16-28-12-13-29-21(25(28)31)15-20(27-29)24(30)26-11-10-17-6-9-22(33-2)23(14-17)34-3/h4-9,14-15H,10-13,16H2,1-3H3,(H,26,30). The van der Waals surface area contributed by atoms with E-state index in [1.807, 2.05) is 42.5 Å². The number of carbonyl (C=O) groups excluding carboxylic acids is 2. The number of carbonyl (C=O) groups is 2. The molecule has 2 aromatic carbocycles. The van der Waals surface area contributed by atoms with Gasteiger partial charge >= 0.3 is 0 Å². The monoisotopic (exact) mass is 464 g/mol. The Morgan fingerprint density at radius 3 is 2.38 bits per heavy atom. The molecule has 0 unspecified atom stereocenters. The van der Waals surface area contributed by atoms with Crippen molar-refractivity contribution in [3.8, 4) is 17.2 Å². The molecule has 2 heterocycles. The van der Waals surface area contributed by atoms with E-state index in [1.54, 1.807) is 37.0 Å². The van der Waals surface area contributed by atoms with Crippen LogP contribution in [0.15, 0.2) is 48.5 Å². The SMILES string of the molecule is COc1ccc(CN2CCn3nc(C(=O)NCCc4ccc(OC)c(OC)c4)cc3C2=O)cc1. The zero-order chi connectivity index (χ0) is 24.1. The molecule has 9 nitrogen and oxygen atoms in total. The Morgan fingerprint density at radius 1 is 0.941 bits per heavy atom. The molecule has 4 rings (SSSR count). The molecule has 0 bridgehead atoms. The van der Waals surface area contributed by atoms with Crippen LogP contribution in [0.25, 0.3) is 0 Å². The summed E-state index contributed by atoms with van der Waals surface area (Å²) in [7, 11) is 4.79. The van der Waals surface area contributed by atoms with E-state index in [0.29, 0.717) is 49.8 Å². The van der Waals surface area contributed by atoms with E-state index in [2.05, 4.69) is 10.4 Å². The molecule has 0 saturated carbocycles. The minimum absolute atomic E-state index is 0.140. The molecule has 2 amide bonds. The second-order valence-corrected chi connectivity index (χ2v) is 7.91. The first-order chi connectivity index (χ1) is 16.5. The van der Waals surface area contributed by atoms with Crippen LogP contribution in [0.1, 0.15) is 32.1 Å². The number of nitrogens with one attached hydrogen (secondary N) is 1. The van der Waals surface area contributed by atoms with Crippen LogP contribution >= 0.6 is 0 Å². The molecule has 0 atom stereocenters. The van der Waals surface area contributed by atoms with Crippen molar-refractivity contribution in [3.05, 3.63) is 71.0 Å². The van der Waals surface area contributed by atoms with Gasteiger partial charge in [-0.3, -0.25) is 14.3 Å². The lowest BCUT2D eigenvalue weighted by Crippen LogP contribution is -2.39. The average molecular weight is 465 g/mol. The fourth-order valence-corrected chi connectivity index (χ4v) is 3.90. The van der Waals surface area contributed by atoms with E-state index in [0.717, 1.165) is 16.9 Å².